The van der Waals surface area contributed by atoms with Crippen LogP contribution < -0.4 is 0 Å². The highest BCUT2D eigenvalue weighted by Crippen LogP contribution is 2.06. The van der Waals surface area contributed by atoms with Crippen molar-refractivity contribution < 1.29 is 4.79 Å². The molecule has 1 rings (SSSR count). The number of carbonyl (C=O) groups is 1. The van der Waals surface area contributed by atoms with Gasteiger partial charge in [0.05, 0.1) is 11.6 Å². The summed E-state index contributed by atoms with van der Waals surface area (Å²) in [5, 5.41) is 8.55. The molecule has 0 aliphatic heterocycles. The van der Waals surface area contributed by atoms with Gasteiger partial charge in [-0.25, -0.2) is 0 Å². The zero-order valence-electron chi connectivity index (χ0n) is 6.09. The molecule has 0 saturated heterocycles. The van der Waals surface area contributed by atoms with Crippen LogP contribution in [-0.2, 0) is 0 Å². The van der Waals surface area contributed by atoms with Gasteiger partial charge in [-0.1, -0.05) is 6.07 Å². The molecule has 0 aromatic heterocycles. The third-order valence-corrected chi connectivity index (χ3v) is 1.36. The molecule has 0 spiro atoms. The molecule has 0 amide bonds. The molecule has 0 fully saturated rings. The van der Waals surface area contributed by atoms with Crippen LogP contribution >= 0.6 is 0 Å². The highest BCUT2D eigenvalue weighted by molar-refractivity contribution is 5.96. The molecule has 11 heavy (non-hydrogen) atoms. The molecule has 0 heterocycles. The van der Waals surface area contributed by atoms with Crippen molar-refractivity contribution in [2.75, 3.05) is 0 Å². The SMILES string of the molecule is CC(=O)c1c[c]ccc1C#N. The Morgan fingerprint density at radius 2 is 2.45 bits per heavy atom. The maximum atomic E-state index is 10.9. The van der Waals surface area contributed by atoms with Gasteiger partial charge in [-0.3, -0.25) is 4.79 Å². The molecule has 0 N–H and O–H groups in total. The Morgan fingerprint density at radius 3 is 2.91 bits per heavy atom. The van der Waals surface area contributed by atoms with E-state index in [0.717, 1.165) is 0 Å². The van der Waals surface area contributed by atoms with E-state index in [1.807, 2.05) is 6.07 Å². The number of benzene rings is 1. The summed E-state index contributed by atoms with van der Waals surface area (Å²) in [4.78, 5) is 10.9. The third kappa shape index (κ3) is 1.44. The van der Waals surface area contributed by atoms with Crippen LogP contribution in [0.2, 0.25) is 0 Å². The number of hydrogen-bond donors (Lipinski definition) is 0. The summed E-state index contributed by atoms with van der Waals surface area (Å²) in [6.45, 7) is 1.43. The molecule has 0 aliphatic carbocycles. The zero-order valence-corrected chi connectivity index (χ0v) is 6.09. The Balaban J connectivity index is 3.26. The smallest absolute Gasteiger partial charge is 0.161 e. The third-order valence-electron chi connectivity index (χ3n) is 1.36. The van der Waals surface area contributed by atoms with E-state index in [-0.39, 0.29) is 5.78 Å². The number of ketones is 1. The summed E-state index contributed by atoms with van der Waals surface area (Å²) in [5.74, 6) is -0.0987. The van der Waals surface area contributed by atoms with E-state index < -0.39 is 0 Å². The first kappa shape index (κ1) is 7.49. The Hall–Kier alpha value is -1.62. The Kier molecular flexibility index (Phi) is 2.03. The van der Waals surface area contributed by atoms with Gasteiger partial charge in [0.1, 0.15) is 0 Å². The molecule has 2 heteroatoms. The number of nitriles is 1. The van der Waals surface area contributed by atoms with Gasteiger partial charge < -0.3 is 0 Å². The van der Waals surface area contributed by atoms with E-state index in [4.69, 9.17) is 5.26 Å². The lowest BCUT2D eigenvalue weighted by molar-refractivity contribution is 0.101. The normalized spacial score (nSPS) is 8.73. The highest BCUT2D eigenvalue weighted by Gasteiger charge is 2.03. The van der Waals surface area contributed by atoms with Crippen molar-refractivity contribution in [3.63, 3.8) is 0 Å². The fourth-order valence-electron chi connectivity index (χ4n) is 0.819. The van der Waals surface area contributed by atoms with Gasteiger partial charge in [-0.05, 0) is 25.1 Å². The summed E-state index contributed by atoms with van der Waals surface area (Å²) >= 11 is 0. The van der Waals surface area contributed by atoms with E-state index in [2.05, 4.69) is 6.07 Å². The summed E-state index contributed by atoms with van der Waals surface area (Å²) in [5.41, 5.74) is 0.853. The predicted molar refractivity (Wildman–Crippen MR) is 40.0 cm³/mol. The molecule has 0 unspecified atom stereocenters. The average Bonchev–Trinajstić information content (AvgIpc) is 2.04. The first-order valence-electron chi connectivity index (χ1n) is 3.17. The molecule has 0 atom stereocenters. The molecule has 0 aliphatic rings. The second-order valence-corrected chi connectivity index (χ2v) is 2.14. The molecular weight excluding hydrogens is 138 g/mol. The summed E-state index contributed by atoms with van der Waals surface area (Å²) in [6, 6.07) is 9.41. The van der Waals surface area contributed by atoms with Crippen LogP contribution in [0.25, 0.3) is 0 Å². The minimum atomic E-state index is -0.0987. The van der Waals surface area contributed by atoms with Gasteiger partial charge >= 0.3 is 0 Å². The van der Waals surface area contributed by atoms with E-state index in [1.165, 1.54) is 13.0 Å². The van der Waals surface area contributed by atoms with Crippen molar-refractivity contribution in [3.05, 3.63) is 35.4 Å². The highest BCUT2D eigenvalue weighted by atomic mass is 16.1. The largest absolute Gasteiger partial charge is 0.294 e. The topological polar surface area (TPSA) is 40.9 Å². The van der Waals surface area contributed by atoms with Crippen LogP contribution in [-0.4, -0.2) is 5.78 Å². The van der Waals surface area contributed by atoms with Crippen molar-refractivity contribution in [2.24, 2.45) is 0 Å². The molecule has 53 valence electrons. The molecule has 1 aromatic carbocycles. The van der Waals surface area contributed by atoms with Gasteiger partial charge in [-0.2, -0.15) is 5.26 Å². The van der Waals surface area contributed by atoms with Gasteiger partial charge in [0.25, 0.3) is 0 Å². The Labute approximate surface area is 65.1 Å². The molecule has 1 radical (unpaired) electrons. The van der Waals surface area contributed by atoms with E-state index in [0.29, 0.717) is 11.1 Å². The quantitative estimate of drug-likeness (QED) is 0.561. The van der Waals surface area contributed by atoms with Gasteiger partial charge in [0.15, 0.2) is 5.78 Å². The number of Topliss-reactive ketones (excluding diaryl/α,β-unsaturated/α-hetero) is 1. The molecule has 1 aromatic rings. The van der Waals surface area contributed by atoms with Crippen LogP contribution in [0.5, 0.6) is 0 Å². The van der Waals surface area contributed by atoms with E-state index in [1.54, 1.807) is 12.1 Å². The van der Waals surface area contributed by atoms with Gasteiger partial charge in [0.2, 0.25) is 0 Å². The van der Waals surface area contributed by atoms with Crippen LogP contribution in [0, 0.1) is 17.4 Å². The van der Waals surface area contributed by atoms with Crippen molar-refractivity contribution in [2.45, 2.75) is 6.92 Å². The fraction of sp³-hybridized carbons (Fsp3) is 0.111. The second-order valence-electron chi connectivity index (χ2n) is 2.14. The Bertz CT molecular complexity index is 323. The molecule has 0 bridgehead atoms. The first-order chi connectivity index (χ1) is 5.25. The maximum absolute atomic E-state index is 10.9. The van der Waals surface area contributed by atoms with Crippen LogP contribution in [0.15, 0.2) is 18.2 Å². The lowest BCUT2D eigenvalue weighted by atomic mass is 10.1. The van der Waals surface area contributed by atoms with E-state index in [9.17, 15) is 4.79 Å². The van der Waals surface area contributed by atoms with Crippen LogP contribution in [0.3, 0.4) is 0 Å². The molecular formula is C9H6NO. The molecule has 0 saturated carbocycles. The van der Waals surface area contributed by atoms with Gasteiger partial charge in [-0.15, -0.1) is 0 Å². The molecule has 2 nitrogen and oxygen atoms in total. The monoisotopic (exact) mass is 144 g/mol. The van der Waals surface area contributed by atoms with Crippen molar-refractivity contribution in [1.29, 1.82) is 5.26 Å². The maximum Gasteiger partial charge on any atom is 0.161 e. The van der Waals surface area contributed by atoms with Crippen molar-refractivity contribution in [1.82, 2.24) is 0 Å². The number of rotatable bonds is 1. The van der Waals surface area contributed by atoms with Crippen molar-refractivity contribution in [3.8, 4) is 6.07 Å². The fourth-order valence-corrected chi connectivity index (χ4v) is 0.819. The number of carbonyl (C=O) groups excluding carboxylic acids is 1. The standard InChI is InChI=1S/C9H6NO/c1-7(11)9-5-3-2-4-8(9)6-10/h2,4-5H,1H3. The van der Waals surface area contributed by atoms with Crippen LogP contribution in [0.1, 0.15) is 22.8 Å². The average molecular weight is 144 g/mol. The minimum Gasteiger partial charge on any atom is -0.294 e. The van der Waals surface area contributed by atoms with E-state index >= 15 is 0 Å². The van der Waals surface area contributed by atoms with Crippen molar-refractivity contribution >= 4 is 5.78 Å². The minimum absolute atomic E-state index is 0.0987. The number of nitrogens with zero attached hydrogens (tertiary/aromatic N) is 1. The van der Waals surface area contributed by atoms with Gasteiger partial charge in [0, 0.05) is 5.56 Å². The lowest BCUT2D eigenvalue weighted by Gasteiger charge is -1.95. The summed E-state index contributed by atoms with van der Waals surface area (Å²) < 4.78 is 0. The number of hydrogen-bond acceptors (Lipinski definition) is 2. The van der Waals surface area contributed by atoms with Crippen LogP contribution in [0.4, 0.5) is 0 Å². The first-order valence-corrected chi connectivity index (χ1v) is 3.17. The Morgan fingerprint density at radius 1 is 1.73 bits per heavy atom. The lowest BCUT2D eigenvalue weighted by Crippen LogP contribution is -1.95. The second kappa shape index (κ2) is 2.98. The zero-order chi connectivity index (χ0) is 8.27. The predicted octanol–water partition coefficient (Wildman–Crippen LogP) is 1.56. The summed E-state index contributed by atoms with van der Waals surface area (Å²) in [6.07, 6.45) is 0. The summed E-state index contributed by atoms with van der Waals surface area (Å²) in [7, 11) is 0.